The summed E-state index contributed by atoms with van der Waals surface area (Å²) < 4.78 is 24.4. The summed E-state index contributed by atoms with van der Waals surface area (Å²) in [5, 5.41) is 12.5. The van der Waals surface area contributed by atoms with Gasteiger partial charge >= 0.3 is 0 Å². The van der Waals surface area contributed by atoms with E-state index in [9.17, 15) is 5.11 Å². The monoisotopic (exact) mass is 387 g/mol. The van der Waals surface area contributed by atoms with Crippen LogP contribution in [0.3, 0.4) is 0 Å². The van der Waals surface area contributed by atoms with E-state index in [1.54, 1.807) is 0 Å². The van der Waals surface area contributed by atoms with Crippen LogP contribution in [-0.4, -0.2) is 73.9 Å². The first-order chi connectivity index (χ1) is 13.0. The van der Waals surface area contributed by atoms with Crippen molar-refractivity contribution in [3.8, 4) is 0 Å². The lowest BCUT2D eigenvalue weighted by molar-refractivity contribution is -0.264. The van der Waals surface area contributed by atoms with Gasteiger partial charge in [-0.1, -0.05) is 0 Å². The topological polar surface area (TPSA) is 121 Å². The van der Waals surface area contributed by atoms with Crippen LogP contribution in [0.25, 0.3) is 0 Å². The zero-order valence-corrected chi connectivity index (χ0v) is 16.6. The van der Waals surface area contributed by atoms with E-state index in [-0.39, 0.29) is 61.7 Å². The third-order valence-electron chi connectivity index (χ3n) is 6.07. The lowest BCUT2D eigenvalue weighted by Crippen LogP contribution is -2.57. The molecule has 0 spiro atoms. The number of hydrogen-bond donors (Lipinski definition) is 4. The van der Waals surface area contributed by atoms with E-state index in [1.807, 2.05) is 7.05 Å². The highest BCUT2D eigenvalue weighted by Gasteiger charge is 2.41. The smallest absolute Gasteiger partial charge is 0.158 e. The molecule has 7 unspecified atom stereocenters. The molecule has 6 N–H and O–H groups in total. The van der Waals surface area contributed by atoms with E-state index in [1.165, 1.54) is 0 Å². The van der Waals surface area contributed by atoms with Crippen LogP contribution < -0.4 is 16.8 Å². The van der Waals surface area contributed by atoms with Crippen LogP contribution in [-0.2, 0) is 18.9 Å². The van der Waals surface area contributed by atoms with Crippen molar-refractivity contribution in [1.82, 2.24) is 5.32 Å². The number of hydrogen-bond acceptors (Lipinski definition) is 8. The molecular formula is C19H37N3O5. The largest absolute Gasteiger partial charge is 0.394 e. The Kier molecular flexibility index (Phi) is 7.87. The highest BCUT2D eigenvalue weighted by Crippen LogP contribution is 2.31. The van der Waals surface area contributed by atoms with Crippen LogP contribution in [0, 0.1) is 0 Å². The van der Waals surface area contributed by atoms with Gasteiger partial charge in [-0.25, -0.2) is 0 Å². The second kappa shape index (κ2) is 9.93. The summed E-state index contributed by atoms with van der Waals surface area (Å²) >= 11 is 0. The number of ether oxygens (including phenoxy) is 4. The van der Waals surface area contributed by atoms with E-state index >= 15 is 0 Å². The fourth-order valence-electron chi connectivity index (χ4n) is 4.36. The minimum Gasteiger partial charge on any atom is -0.394 e. The molecule has 27 heavy (non-hydrogen) atoms. The summed E-state index contributed by atoms with van der Waals surface area (Å²) in [6.07, 6.45) is 4.81. The minimum absolute atomic E-state index is 0.00997. The Morgan fingerprint density at radius 3 is 2.56 bits per heavy atom. The van der Waals surface area contributed by atoms with Crippen molar-refractivity contribution in [2.45, 2.75) is 107 Å². The molecule has 0 bridgehead atoms. The van der Waals surface area contributed by atoms with Crippen molar-refractivity contribution in [3.05, 3.63) is 0 Å². The molecule has 158 valence electrons. The molecule has 1 saturated carbocycles. The van der Waals surface area contributed by atoms with Gasteiger partial charge in [0.15, 0.2) is 12.6 Å². The Hall–Kier alpha value is -0.320. The maximum atomic E-state index is 9.27. The zero-order valence-electron chi connectivity index (χ0n) is 16.6. The first kappa shape index (κ1) is 21.4. The van der Waals surface area contributed by atoms with Crippen LogP contribution in [0.4, 0.5) is 0 Å². The van der Waals surface area contributed by atoms with Crippen LogP contribution in [0.5, 0.6) is 0 Å². The van der Waals surface area contributed by atoms with Gasteiger partial charge in [-0.3, -0.25) is 0 Å². The SMILES string of the molecule is CNC(C)C1CCC[C@@H](O[C@@H]2C(N)CC(N)CC2OC2CCC(CO)O2)O1. The van der Waals surface area contributed by atoms with E-state index in [2.05, 4.69) is 12.2 Å². The fraction of sp³-hybridized carbons (Fsp3) is 1.00. The van der Waals surface area contributed by atoms with E-state index in [0.29, 0.717) is 12.8 Å². The highest BCUT2D eigenvalue weighted by atomic mass is 16.7. The van der Waals surface area contributed by atoms with Crippen LogP contribution >= 0.6 is 0 Å². The Balaban J connectivity index is 1.59. The van der Waals surface area contributed by atoms with Crippen molar-refractivity contribution >= 4 is 0 Å². The van der Waals surface area contributed by atoms with Crippen molar-refractivity contribution < 1.29 is 24.1 Å². The summed E-state index contributed by atoms with van der Waals surface area (Å²) in [6.45, 7) is 2.14. The van der Waals surface area contributed by atoms with E-state index in [0.717, 1.165) is 32.1 Å². The Morgan fingerprint density at radius 1 is 1.07 bits per heavy atom. The van der Waals surface area contributed by atoms with Crippen LogP contribution in [0.1, 0.15) is 51.9 Å². The predicted molar refractivity (Wildman–Crippen MR) is 101 cm³/mol. The standard InChI is InChI=1S/C19H37N3O5/c1-11(22-2)15-4-3-5-17(25-15)27-19-14(21)8-12(20)9-16(19)26-18-7-6-13(10-23)24-18/h11-19,22-23H,3-10,20-21H2,1-2H3/t11?,12?,13?,14?,15?,16?,17-,18?,19-/m1/s1. The molecular weight excluding hydrogens is 350 g/mol. The molecule has 3 fully saturated rings. The van der Waals surface area contributed by atoms with Crippen molar-refractivity contribution in [2.24, 2.45) is 11.5 Å². The van der Waals surface area contributed by atoms with Crippen molar-refractivity contribution in [3.63, 3.8) is 0 Å². The molecule has 0 aromatic rings. The lowest BCUT2D eigenvalue weighted by Gasteiger charge is -2.42. The summed E-state index contributed by atoms with van der Waals surface area (Å²) in [5.74, 6) is 0. The molecule has 0 radical (unpaired) electrons. The maximum Gasteiger partial charge on any atom is 0.158 e. The minimum atomic E-state index is -0.333. The summed E-state index contributed by atoms with van der Waals surface area (Å²) in [6, 6.07) is 0.0722. The second-order valence-corrected chi connectivity index (χ2v) is 8.23. The number of aliphatic hydroxyl groups excluding tert-OH is 1. The number of likely N-dealkylation sites (N-methyl/N-ethyl adjacent to an activating group) is 1. The average molecular weight is 388 g/mol. The molecule has 1 aliphatic carbocycles. The van der Waals surface area contributed by atoms with Crippen LogP contribution in [0.2, 0.25) is 0 Å². The molecule has 2 aliphatic heterocycles. The van der Waals surface area contributed by atoms with E-state index in [4.69, 9.17) is 30.4 Å². The summed E-state index contributed by atoms with van der Waals surface area (Å²) in [4.78, 5) is 0. The van der Waals surface area contributed by atoms with Crippen molar-refractivity contribution in [1.29, 1.82) is 0 Å². The van der Waals surface area contributed by atoms with Gasteiger partial charge in [0, 0.05) is 24.5 Å². The van der Waals surface area contributed by atoms with Gasteiger partial charge < -0.3 is 40.8 Å². The molecule has 2 heterocycles. The van der Waals surface area contributed by atoms with Gasteiger partial charge in [-0.2, -0.15) is 0 Å². The Morgan fingerprint density at radius 2 is 1.85 bits per heavy atom. The first-order valence-corrected chi connectivity index (χ1v) is 10.4. The van der Waals surface area contributed by atoms with Gasteiger partial charge in [-0.05, 0) is 52.5 Å². The maximum absolute atomic E-state index is 9.27. The third-order valence-corrected chi connectivity index (χ3v) is 6.07. The molecule has 9 atom stereocenters. The van der Waals surface area contributed by atoms with Crippen molar-refractivity contribution in [2.75, 3.05) is 13.7 Å². The normalized spacial score (nSPS) is 44.3. The van der Waals surface area contributed by atoms with Gasteiger partial charge in [-0.15, -0.1) is 0 Å². The lowest BCUT2D eigenvalue weighted by atomic mass is 9.87. The molecule has 2 saturated heterocycles. The second-order valence-electron chi connectivity index (χ2n) is 8.23. The highest BCUT2D eigenvalue weighted by molar-refractivity contribution is 4.93. The molecule has 8 heteroatoms. The molecule has 0 aromatic carbocycles. The van der Waals surface area contributed by atoms with Gasteiger partial charge in [0.2, 0.25) is 0 Å². The molecule has 8 nitrogen and oxygen atoms in total. The predicted octanol–water partition coefficient (Wildman–Crippen LogP) is 0.206. The quantitative estimate of drug-likeness (QED) is 0.489. The zero-order chi connectivity index (χ0) is 19.4. The number of rotatable bonds is 7. The number of nitrogens with one attached hydrogen (secondary N) is 1. The summed E-state index contributed by atoms with van der Waals surface area (Å²) in [5.41, 5.74) is 12.6. The summed E-state index contributed by atoms with van der Waals surface area (Å²) in [7, 11) is 1.95. The first-order valence-electron chi connectivity index (χ1n) is 10.4. The number of nitrogens with two attached hydrogens (primary N) is 2. The van der Waals surface area contributed by atoms with Gasteiger partial charge in [0.1, 0.15) is 6.10 Å². The van der Waals surface area contributed by atoms with Crippen LogP contribution in [0.15, 0.2) is 0 Å². The average Bonchev–Trinajstić information content (AvgIpc) is 3.11. The molecule has 3 aliphatic rings. The third kappa shape index (κ3) is 5.61. The number of aliphatic hydroxyl groups is 1. The van der Waals surface area contributed by atoms with Gasteiger partial charge in [0.05, 0.1) is 24.9 Å². The molecule has 0 aromatic heterocycles. The fourth-order valence-corrected chi connectivity index (χ4v) is 4.36. The van der Waals surface area contributed by atoms with Gasteiger partial charge in [0.25, 0.3) is 0 Å². The Labute approximate surface area is 162 Å². The molecule has 3 rings (SSSR count). The van der Waals surface area contributed by atoms with E-state index < -0.39 is 0 Å². The molecule has 0 amide bonds. The Bertz CT molecular complexity index is 457.